The molecule has 0 saturated carbocycles. The van der Waals surface area contributed by atoms with Crippen LogP contribution in [0.4, 0.5) is 5.69 Å². The zero-order valence-corrected chi connectivity index (χ0v) is 11.8. The van der Waals surface area contributed by atoms with Crippen molar-refractivity contribution >= 4 is 26.5 Å². The van der Waals surface area contributed by atoms with Gasteiger partial charge in [0.05, 0.1) is 6.54 Å². The van der Waals surface area contributed by atoms with E-state index >= 15 is 0 Å². The number of primary sulfonamides is 1. The van der Waals surface area contributed by atoms with Gasteiger partial charge in [0.15, 0.2) is 0 Å². The molecule has 108 valence electrons. The van der Waals surface area contributed by atoms with Crippen LogP contribution in [-0.2, 0) is 16.6 Å². The summed E-state index contributed by atoms with van der Waals surface area (Å²) in [4.78, 5) is 4.11. The molecule has 0 radical (unpaired) electrons. The van der Waals surface area contributed by atoms with Crippen molar-refractivity contribution < 1.29 is 12.8 Å². The Kier molecular flexibility index (Phi) is 3.36. The predicted octanol–water partition coefficient (Wildman–Crippen LogP) is 2.09. The molecule has 3 aromatic rings. The van der Waals surface area contributed by atoms with Crippen molar-refractivity contribution in [3.63, 3.8) is 0 Å². The number of aromatic nitrogens is 1. The number of fused-ring (bicyclic) bond motifs is 1. The molecule has 21 heavy (non-hydrogen) atoms. The van der Waals surface area contributed by atoms with E-state index in [4.69, 9.17) is 9.56 Å². The van der Waals surface area contributed by atoms with E-state index in [-0.39, 0.29) is 5.09 Å². The zero-order chi connectivity index (χ0) is 14.9. The van der Waals surface area contributed by atoms with Gasteiger partial charge in [-0.3, -0.25) is 4.98 Å². The highest BCUT2D eigenvalue weighted by atomic mass is 32.2. The Morgan fingerprint density at radius 2 is 2.05 bits per heavy atom. The molecule has 0 saturated heterocycles. The van der Waals surface area contributed by atoms with Crippen molar-refractivity contribution in [2.24, 2.45) is 5.14 Å². The Hall–Kier alpha value is -2.38. The standard InChI is InChI=1S/C14H13N3O3S/c15-21(18,19)14-5-4-11(20-14)8-17-13-3-1-2-10-6-7-16-9-12(10)13/h1-7,9,17H,8H2,(H2,15,18,19). The van der Waals surface area contributed by atoms with E-state index in [1.54, 1.807) is 18.5 Å². The maximum absolute atomic E-state index is 11.2. The van der Waals surface area contributed by atoms with Crippen molar-refractivity contribution in [2.75, 3.05) is 5.32 Å². The van der Waals surface area contributed by atoms with Gasteiger partial charge in [-0.15, -0.1) is 0 Å². The number of hydrogen-bond acceptors (Lipinski definition) is 5. The van der Waals surface area contributed by atoms with Crippen LogP contribution in [0.25, 0.3) is 10.8 Å². The normalized spacial score (nSPS) is 11.7. The first-order chi connectivity index (χ1) is 10.0. The molecule has 0 bridgehead atoms. The maximum Gasteiger partial charge on any atom is 0.271 e. The molecule has 0 amide bonds. The lowest BCUT2D eigenvalue weighted by atomic mass is 10.1. The number of anilines is 1. The summed E-state index contributed by atoms with van der Waals surface area (Å²) >= 11 is 0. The van der Waals surface area contributed by atoms with Crippen LogP contribution in [0.5, 0.6) is 0 Å². The lowest BCUT2D eigenvalue weighted by Gasteiger charge is -2.07. The van der Waals surface area contributed by atoms with Crippen LogP contribution in [0, 0.1) is 0 Å². The average molecular weight is 303 g/mol. The summed E-state index contributed by atoms with van der Waals surface area (Å²) in [5, 5.41) is 10.0. The molecule has 0 unspecified atom stereocenters. The van der Waals surface area contributed by atoms with Gasteiger partial charge < -0.3 is 9.73 Å². The predicted molar refractivity (Wildman–Crippen MR) is 79.2 cm³/mol. The van der Waals surface area contributed by atoms with E-state index in [2.05, 4.69) is 10.3 Å². The van der Waals surface area contributed by atoms with Gasteiger partial charge in [0.25, 0.3) is 10.0 Å². The highest BCUT2D eigenvalue weighted by Gasteiger charge is 2.13. The van der Waals surface area contributed by atoms with Crippen molar-refractivity contribution in [3.05, 3.63) is 54.6 Å². The second kappa shape index (κ2) is 5.19. The number of pyridine rings is 1. The molecule has 3 N–H and O–H groups in total. The molecule has 0 aliphatic rings. The number of nitrogens with one attached hydrogen (secondary N) is 1. The molecule has 3 rings (SSSR count). The molecular formula is C14H13N3O3S. The number of nitrogens with two attached hydrogens (primary N) is 1. The highest BCUT2D eigenvalue weighted by Crippen LogP contribution is 2.23. The second-order valence-electron chi connectivity index (χ2n) is 4.52. The fourth-order valence-electron chi connectivity index (χ4n) is 2.06. The van der Waals surface area contributed by atoms with Crippen LogP contribution in [0.1, 0.15) is 5.76 Å². The summed E-state index contributed by atoms with van der Waals surface area (Å²) in [5.74, 6) is 0.486. The van der Waals surface area contributed by atoms with Gasteiger partial charge in [0, 0.05) is 23.5 Å². The Morgan fingerprint density at radius 3 is 2.81 bits per heavy atom. The molecule has 0 atom stereocenters. The van der Waals surface area contributed by atoms with Gasteiger partial charge in [-0.2, -0.15) is 0 Å². The van der Waals surface area contributed by atoms with E-state index in [9.17, 15) is 8.42 Å². The molecule has 0 aliphatic heterocycles. The fourth-order valence-corrected chi connectivity index (χ4v) is 2.54. The lowest BCUT2D eigenvalue weighted by molar-refractivity contribution is 0.419. The largest absolute Gasteiger partial charge is 0.446 e. The third kappa shape index (κ3) is 2.88. The van der Waals surface area contributed by atoms with Crippen molar-refractivity contribution in [2.45, 2.75) is 11.6 Å². The minimum absolute atomic E-state index is 0.237. The Balaban J connectivity index is 1.82. The van der Waals surface area contributed by atoms with Crippen LogP contribution in [-0.4, -0.2) is 13.4 Å². The first-order valence-corrected chi connectivity index (χ1v) is 7.77. The number of rotatable bonds is 4. The first-order valence-electron chi connectivity index (χ1n) is 6.22. The summed E-state index contributed by atoms with van der Waals surface area (Å²) < 4.78 is 27.5. The molecular weight excluding hydrogens is 290 g/mol. The first kappa shape index (κ1) is 13.6. The van der Waals surface area contributed by atoms with Gasteiger partial charge in [-0.1, -0.05) is 12.1 Å². The summed E-state index contributed by atoms with van der Waals surface area (Å²) in [5.41, 5.74) is 0.897. The van der Waals surface area contributed by atoms with Crippen LogP contribution < -0.4 is 10.5 Å². The summed E-state index contributed by atoms with van der Waals surface area (Å²) in [6, 6.07) is 10.7. The minimum atomic E-state index is -3.80. The van der Waals surface area contributed by atoms with E-state index < -0.39 is 10.0 Å². The zero-order valence-electron chi connectivity index (χ0n) is 11.0. The lowest BCUT2D eigenvalue weighted by Crippen LogP contribution is -2.10. The summed E-state index contributed by atoms with van der Waals surface area (Å²) in [7, 11) is -3.80. The summed E-state index contributed by atoms with van der Waals surface area (Å²) in [6.07, 6.45) is 3.51. The van der Waals surface area contributed by atoms with E-state index in [1.807, 2.05) is 24.3 Å². The summed E-state index contributed by atoms with van der Waals surface area (Å²) in [6.45, 7) is 0.351. The molecule has 7 heteroatoms. The third-order valence-electron chi connectivity index (χ3n) is 3.05. The smallest absolute Gasteiger partial charge is 0.271 e. The molecule has 6 nitrogen and oxygen atoms in total. The second-order valence-corrected chi connectivity index (χ2v) is 6.01. The van der Waals surface area contributed by atoms with Gasteiger partial charge in [-0.25, -0.2) is 13.6 Å². The number of benzene rings is 1. The molecule has 1 aromatic carbocycles. The van der Waals surface area contributed by atoms with Gasteiger partial charge in [-0.05, 0) is 29.7 Å². The van der Waals surface area contributed by atoms with Gasteiger partial charge >= 0.3 is 0 Å². The number of sulfonamides is 1. The molecule has 2 aromatic heterocycles. The SMILES string of the molecule is NS(=O)(=O)c1ccc(CNc2cccc3ccncc23)o1. The monoisotopic (exact) mass is 303 g/mol. The quantitative estimate of drug-likeness (QED) is 0.769. The van der Waals surface area contributed by atoms with Crippen LogP contribution in [0.3, 0.4) is 0 Å². The maximum atomic E-state index is 11.2. The van der Waals surface area contributed by atoms with E-state index in [0.717, 1.165) is 16.5 Å². The number of hydrogen-bond donors (Lipinski definition) is 2. The molecule has 2 heterocycles. The van der Waals surface area contributed by atoms with Gasteiger partial charge in [0.1, 0.15) is 5.76 Å². The molecule has 0 aliphatic carbocycles. The minimum Gasteiger partial charge on any atom is -0.446 e. The Bertz CT molecular complexity index is 882. The van der Waals surface area contributed by atoms with E-state index in [1.165, 1.54) is 6.07 Å². The van der Waals surface area contributed by atoms with Crippen LogP contribution in [0.2, 0.25) is 0 Å². The molecule has 0 fully saturated rings. The van der Waals surface area contributed by atoms with Crippen LogP contribution >= 0.6 is 0 Å². The van der Waals surface area contributed by atoms with Crippen molar-refractivity contribution in [1.29, 1.82) is 0 Å². The number of nitrogens with zero attached hydrogens (tertiary/aromatic N) is 1. The van der Waals surface area contributed by atoms with Crippen LogP contribution in [0.15, 0.2) is 58.3 Å². The van der Waals surface area contributed by atoms with Crippen molar-refractivity contribution in [3.8, 4) is 0 Å². The fraction of sp³-hybridized carbons (Fsp3) is 0.0714. The van der Waals surface area contributed by atoms with Gasteiger partial charge in [0.2, 0.25) is 5.09 Å². The topological polar surface area (TPSA) is 98.2 Å². The Morgan fingerprint density at radius 1 is 1.19 bits per heavy atom. The third-order valence-corrected chi connectivity index (χ3v) is 3.83. The van der Waals surface area contributed by atoms with E-state index in [0.29, 0.717) is 12.3 Å². The number of furan rings is 1. The molecule has 0 spiro atoms. The highest BCUT2D eigenvalue weighted by molar-refractivity contribution is 7.89. The Labute approximate surface area is 121 Å². The average Bonchev–Trinajstić information content (AvgIpc) is 2.94. The van der Waals surface area contributed by atoms with Crippen molar-refractivity contribution in [1.82, 2.24) is 4.98 Å².